The molecule has 0 aliphatic carbocycles. The fraction of sp³-hybridized carbons (Fsp3) is 0.455. The minimum Gasteiger partial charge on any atom is -0.396 e. The molecular weight excluding hydrogens is 162 g/mol. The highest BCUT2D eigenvalue weighted by atomic mass is 16.2. The van der Waals surface area contributed by atoms with E-state index in [-0.39, 0.29) is 6.61 Å². The second-order valence-electron chi connectivity index (χ2n) is 3.53. The predicted molar refractivity (Wildman–Crippen MR) is 54.6 cm³/mol. The van der Waals surface area contributed by atoms with Gasteiger partial charge in [0.15, 0.2) is 0 Å². The van der Waals surface area contributed by atoms with Crippen molar-refractivity contribution in [1.82, 2.24) is 4.90 Å². The topological polar surface area (TPSA) is 23.5 Å². The van der Waals surface area contributed by atoms with Gasteiger partial charge in [0.1, 0.15) is 0 Å². The van der Waals surface area contributed by atoms with E-state index in [9.17, 15) is 0 Å². The van der Waals surface area contributed by atoms with Crippen LogP contribution >= 0.6 is 0 Å². The smallest absolute Gasteiger partial charge is 0.0471 e. The van der Waals surface area contributed by atoms with Gasteiger partial charge >= 0.3 is 0 Å². The molecule has 0 aliphatic heterocycles. The van der Waals surface area contributed by atoms with Crippen LogP contribution in [0.3, 0.4) is 0 Å². The van der Waals surface area contributed by atoms with Crippen LogP contribution in [0.2, 0.25) is 0 Å². The fourth-order valence-corrected chi connectivity index (χ4v) is 1.31. The van der Waals surface area contributed by atoms with E-state index in [4.69, 9.17) is 5.11 Å². The van der Waals surface area contributed by atoms with E-state index in [0.29, 0.717) is 0 Å². The van der Waals surface area contributed by atoms with Crippen LogP contribution in [0, 0.1) is 0 Å². The molecule has 0 unspecified atom stereocenters. The monoisotopic (exact) mass is 179 g/mol. The maximum atomic E-state index is 8.73. The number of aliphatic hydroxyl groups excluding tert-OH is 1. The number of hydrogen-bond acceptors (Lipinski definition) is 2. The lowest BCUT2D eigenvalue weighted by atomic mass is 10.1. The molecule has 0 spiro atoms. The zero-order valence-electron chi connectivity index (χ0n) is 8.33. The zero-order chi connectivity index (χ0) is 9.68. The lowest BCUT2D eigenvalue weighted by Gasteiger charge is -2.09. The Labute approximate surface area is 79.8 Å². The largest absolute Gasteiger partial charge is 0.396 e. The molecule has 0 saturated heterocycles. The molecule has 1 aromatic rings. The van der Waals surface area contributed by atoms with Crippen LogP contribution < -0.4 is 0 Å². The summed E-state index contributed by atoms with van der Waals surface area (Å²) in [6.07, 6.45) is 0.752. The van der Waals surface area contributed by atoms with E-state index in [1.54, 1.807) is 0 Å². The minimum absolute atomic E-state index is 0.229. The van der Waals surface area contributed by atoms with Crippen molar-refractivity contribution >= 4 is 0 Å². The summed E-state index contributed by atoms with van der Waals surface area (Å²) in [6.45, 7) is 1.20. The first-order valence-electron chi connectivity index (χ1n) is 4.56. The van der Waals surface area contributed by atoms with Crippen molar-refractivity contribution in [1.29, 1.82) is 0 Å². The predicted octanol–water partition coefficient (Wildman–Crippen LogP) is 1.28. The van der Waals surface area contributed by atoms with Gasteiger partial charge in [-0.05, 0) is 31.6 Å². The lowest BCUT2D eigenvalue weighted by molar-refractivity contribution is 0.299. The van der Waals surface area contributed by atoms with Gasteiger partial charge in [-0.3, -0.25) is 0 Å². The number of nitrogens with zero attached hydrogens (tertiary/aromatic N) is 1. The minimum atomic E-state index is 0.229. The van der Waals surface area contributed by atoms with Crippen molar-refractivity contribution in [3.05, 3.63) is 35.4 Å². The summed E-state index contributed by atoms with van der Waals surface area (Å²) in [6, 6.07) is 8.39. The fourth-order valence-electron chi connectivity index (χ4n) is 1.31. The van der Waals surface area contributed by atoms with E-state index >= 15 is 0 Å². The Hall–Kier alpha value is -0.860. The molecule has 0 amide bonds. The molecule has 72 valence electrons. The third-order valence-electron chi connectivity index (χ3n) is 1.92. The molecule has 0 fully saturated rings. The Morgan fingerprint density at radius 3 is 2.08 bits per heavy atom. The zero-order valence-corrected chi connectivity index (χ0v) is 8.33. The second-order valence-corrected chi connectivity index (χ2v) is 3.53. The SMILES string of the molecule is CN(C)Cc1ccc(CCO)cc1. The maximum Gasteiger partial charge on any atom is 0.0471 e. The summed E-state index contributed by atoms with van der Waals surface area (Å²) in [7, 11) is 4.11. The molecule has 0 radical (unpaired) electrons. The van der Waals surface area contributed by atoms with E-state index in [1.165, 1.54) is 11.1 Å². The Kier molecular flexibility index (Phi) is 3.93. The molecule has 0 saturated carbocycles. The lowest BCUT2D eigenvalue weighted by Crippen LogP contribution is -2.10. The molecule has 0 bridgehead atoms. The van der Waals surface area contributed by atoms with Crippen molar-refractivity contribution in [3.8, 4) is 0 Å². The van der Waals surface area contributed by atoms with Crippen LogP contribution in [0.4, 0.5) is 0 Å². The molecule has 0 heterocycles. The van der Waals surface area contributed by atoms with Crippen LogP contribution in [-0.2, 0) is 13.0 Å². The third kappa shape index (κ3) is 3.57. The summed E-state index contributed by atoms with van der Waals surface area (Å²) >= 11 is 0. The van der Waals surface area contributed by atoms with Gasteiger partial charge < -0.3 is 10.0 Å². The number of aliphatic hydroxyl groups is 1. The Balaban J connectivity index is 2.59. The second kappa shape index (κ2) is 5.00. The Bertz CT molecular complexity index is 241. The van der Waals surface area contributed by atoms with Crippen molar-refractivity contribution in [3.63, 3.8) is 0 Å². The average Bonchev–Trinajstić information content (AvgIpc) is 2.08. The van der Waals surface area contributed by atoms with Gasteiger partial charge in [-0.25, -0.2) is 0 Å². The first kappa shape index (κ1) is 10.2. The molecule has 13 heavy (non-hydrogen) atoms. The van der Waals surface area contributed by atoms with Crippen molar-refractivity contribution in [2.45, 2.75) is 13.0 Å². The van der Waals surface area contributed by atoms with Gasteiger partial charge in [0.2, 0.25) is 0 Å². The van der Waals surface area contributed by atoms with Gasteiger partial charge in [0, 0.05) is 13.2 Å². The summed E-state index contributed by atoms with van der Waals surface area (Å²) in [5.74, 6) is 0. The molecule has 0 aromatic heterocycles. The first-order chi connectivity index (χ1) is 6.22. The highest BCUT2D eigenvalue weighted by Gasteiger charge is 1.95. The maximum absolute atomic E-state index is 8.73. The van der Waals surface area contributed by atoms with Crippen molar-refractivity contribution in [2.24, 2.45) is 0 Å². The van der Waals surface area contributed by atoms with Crippen molar-refractivity contribution in [2.75, 3.05) is 20.7 Å². The number of hydrogen-bond donors (Lipinski definition) is 1. The van der Waals surface area contributed by atoms with Gasteiger partial charge in [0.25, 0.3) is 0 Å². The molecule has 2 nitrogen and oxygen atoms in total. The van der Waals surface area contributed by atoms with Crippen molar-refractivity contribution < 1.29 is 5.11 Å². The van der Waals surface area contributed by atoms with Gasteiger partial charge in [-0.1, -0.05) is 24.3 Å². The van der Waals surface area contributed by atoms with Crippen LogP contribution in [0.25, 0.3) is 0 Å². The van der Waals surface area contributed by atoms with Gasteiger partial charge in [-0.2, -0.15) is 0 Å². The highest BCUT2D eigenvalue weighted by molar-refractivity contribution is 5.22. The van der Waals surface area contributed by atoms with Crippen LogP contribution in [-0.4, -0.2) is 30.7 Å². The molecule has 2 heteroatoms. The van der Waals surface area contributed by atoms with E-state index in [1.807, 2.05) is 0 Å². The number of benzene rings is 1. The normalized spacial score (nSPS) is 10.8. The Morgan fingerprint density at radius 2 is 1.62 bits per heavy atom. The summed E-state index contributed by atoms with van der Waals surface area (Å²) in [5.41, 5.74) is 2.51. The molecule has 1 N–H and O–H groups in total. The van der Waals surface area contributed by atoms with Crippen LogP contribution in [0.1, 0.15) is 11.1 Å². The summed E-state index contributed by atoms with van der Waals surface area (Å²) < 4.78 is 0. The van der Waals surface area contributed by atoms with Gasteiger partial charge in [0.05, 0.1) is 0 Å². The van der Waals surface area contributed by atoms with E-state index < -0.39 is 0 Å². The first-order valence-corrected chi connectivity index (χ1v) is 4.56. The standard InChI is InChI=1S/C11H17NO/c1-12(2)9-11-5-3-10(4-6-11)7-8-13/h3-6,13H,7-9H2,1-2H3. The molecule has 1 rings (SSSR count). The summed E-state index contributed by atoms with van der Waals surface area (Å²) in [4.78, 5) is 2.14. The molecule has 1 aromatic carbocycles. The highest BCUT2D eigenvalue weighted by Crippen LogP contribution is 2.06. The molecule has 0 atom stereocenters. The van der Waals surface area contributed by atoms with Crippen LogP contribution in [0.15, 0.2) is 24.3 Å². The van der Waals surface area contributed by atoms with Gasteiger partial charge in [-0.15, -0.1) is 0 Å². The molecular formula is C11H17NO. The molecule has 0 aliphatic rings. The van der Waals surface area contributed by atoms with E-state index in [2.05, 4.69) is 43.3 Å². The number of rotatable bonds is 4. The van der Waals surface area contributed by atoms with E-state index in [0.717, 1.165) is 13.0 Å². The summed E-state index contributed by atoms with van der Waals surface area (Å²) in [5, 5.41) is 8.73. The average molecular weight is 179 g/mol. The quantitative estimate of drug-likeness (QED) is 0.752. The Morgan fingerprint density at radius 1 is 1.08 bits per heavy atom. The van der Waals surface area contributed by atoms with Crippen LogP contribution in [0.5, 0.6) is 0 Å². The third-order valence-corrected chi connectivity index (χ3v) is 1.92.